The molecule has 0 aliphatic carbocycles. The first-order chi connectivity index (χ1) is 9.99. The summed E-state index contributed by atoms with van der Waals surface area (Å²) in [5.74, 6) is -0.0782. The minimum absolute atomic E-state index is 0.0365. The summed E-state index contributed by atoms with van der Waals surface area (Å²) in [4.78, 5) is 19.2. The summed E-state index contributed by atoms with van der Waals surface area (Å²) in [7, 11) is 0. The van der Waals surface area contributed by atoms with Crippen molar-refractivity contribution >= 4 is 17.2 Å². The molecule has 0 radical (unpaired) electrons. The van der Waals surface area contributed by atoms with E-state index in [4.69, 9.17) is 0 Å². The van der Waals surface area contributed by atoms with Crippen LogP contribution in [0.1, 0.15) is 30.4 Å². The Hall–Kier alpha value is -1.72. The number of carbonyl (C=O) groups is 1. The summed E-state index contributed by atoms with van der Waals surface area (Å²) < 4.78 is 0. The van der Waals surface area contributed by atoms with Gasteiger partial charge in [-0.3, -0.25) is 4.79 Å². The van der Waals surface area contributed by atoms with Gasteiger partial charge in [-0.25, -0.2) is 4.98 Å². The number of aliphatic hydroxyl groups excluding tert-OH is 1. The highest BCUT2D eigenvalue weighted by atomic mass is 32.1. The maximum atomic E-state index is 12.6. The van der Waals surface area contributed by atoms with E-state index in [0.717, 1.165) is 10.6 Å². The van der Waals surface area contributed by atoms with Crippen molar-refractivity contribution in [2.24, 2.45) is 0 Å². The van der Waals surface area contributed by atoms with Crippen molar-refractivity contribution in [1.82, 2.24) is 9.88 Å². The monoisotopic (exact) mass is 304 g/mol. The summed E-state index contributed by atoms with van der Waals surface area (Å²) in [6.07, 6.45) is 1.07. The predicted molar refractivity (Wildman–Crippen MR) is 85.4 cm³/mol. The van der Waals surface area contributed by atoms with Gasteiger partial charge in [0.2, 0.25) is 0 Å². The fraction of sp³-hybridized carbons (Fsp3) is 0.375. The third kappa shape index (κ3) is 3.89. The van der Waals surface area contributed by atoms with E-state index in [1.54, 1.807) is 18.0 Å². The topological polar surface area (TPSA) is 53.4 Å². The number of hydrogen-bond acceptors (Lipinski definition) is 4. The Bertz CT molecular complexity index is 593. The second kappa shape index (κ2) is 6.83. The first kappa shape index (κ1) is 15.7. The second-order valence-electron chi connectivity index (χ2n) is 5.30. The van der Waals surface area contributed by atoms with Crippen molar-refractivity contribution in [3.63, 3.8) is 0 Å². The fourth-order valence-electron chi connectivity index (χ4n) is 2.04. The molecule has 0 aliphatic heterocycles. The molecule has 0 fully saturated rings. The maximum Gasteiger partial charge on any atom is 0.265 e. The van der Waals surface area contributed by atoms with Gasteiger partial charge < -0.3 is 10.0 Å². The molecule has 2 aromatic rings. The van der Waals surface area contributed by atoms with E-state index in [9.17, 15) is 9.90 Å². The van der Waals surface area contributed by atoms with Gasteiger partial charge in [-0.2, -0.15) is 0 Å². The van der Waals surface area contributed by atoms with Crippen molar-refractivity contribution in [2.45, 2.75) is 32.9 Å². The molecule has 1 N–H and O–H groups in total. The number of aliphatic hydroxyl groups is 1. The summed E-state index contributed by atoms with van der Waals surface area (Å²) in [6.45, 7) is 5.90. The molecule has 1 aromatic carbocycles. The van der Waals surface area contributed by atoms with Gasteiger partial charge in [0.25, 0.3) is 5.91 Å². The van der Waals surface area contributed by atoms with Gasteiger partial charge in [-0.15, -0.1) is 11.3 Å². The lowest BCUT2D eigenvalue weighted by molar-refractivity contribution is 0.0583. The van der Waals surface area contributed by atoms with Gasteiger partial charge in [0.1, 0.15) is 9.88 Å². The standard InChI is InChI=1S/C16H20N2O2S/c1-11(2)18(10-12(3)19)16(20)14-9-17-15(21-14)13-7-5-4-6-8-13/h4-9,11-12,19H,10H2,1-3H3. The minimum Gasteiger partial charge on any atom is -0.392 e. The quantitative estimate of drug-likeness (QED) is 0.923. The smallest absolute Gasteiger partial charge is 0.265 e. The highest BCUT2D eigenvalue weighted by molar-refractivity contribution is 7.16. The van der Waals surface area contributed by atoms with Crippen LogP contribution in [0.4, 0.5) is 0 Å². The Morgan fingerprint density at radius 3 is 2.52 bits per heavy atom. The summed E-state index contributed by atoms with van der Waals surface area (Å²) in [6, 6.07) is 9.84. The van der Waals surface area contributed by atoms with E-state index in [2.05, 4.69) is 4.98 Å². The van der Waals surface area contributed by atoms with Gasteiger partial charge in [-0.05, 0) is 20.8 Å². The number of amides is 1. The van der Waals surface area contributed by atoms with E-state index in [-0.39, 0.29) is 11.9 Å². The Balaban J connectivity index is 2.22. The van der Waals surface area contributed by atoms with Crippen molar-refractivity contribution in [3.8, 4) is 10.6 Å². The lowest BCUT2D eigenvalue weighted by Gasteiger charge is -2.27. The Labute approximate surface area is 129 Å². The molecule has 0 saturated heterocycles. The van der Waals surface area contributed by atoms with Gasteiger partial charge in [0, 0.05) is 18.2 Å². The molecule has 0 bridgehead atoms. The summed E-state index contributed by atoms with van der Waals surface area (Å²) in [5, 5.41) is 10.4. The largest absolute Gasteiger partial charge is 0.392 e. The molecule has 1 aromatic heterocycles. The third-order valence-corrected chi connectivity index (χ3v) is 4.12. The minimum atomic E-state index is -0.544. The molecule has 0 saturated carbocycles. The predicted octanol–water partition coefficient (Wildman–Crippen LogP) is 3.04. The zero-order valence-electron chi connectivity index (χ0n) is 12.5. The highest BCUT2D eigenvalue weighted by Gasteiger charge is 2.22. The van der Waals surface area contributed by atoms with Crippen molar-refractivity contribution < 1.29 is 9.90 Å². The molecule has 4 nitrogen and oxygen atoms in total. The van der Waals surface area contributed by atoms with Gasteiger partial charge in [-0.1, -0.05) is 30.3 Å². The SMILES string of the molecule is CC(O)CN(C(=O)c1cnc(-c2ccccc2)s1)C(C)C. The Morgan fingerprint density at radius 2 is 1.95 bits per heavy atom. The van der Waals surface area contributed by atoms with Crippen LogP contribution in [0, 0.1) is 0 Å². The van der Waals surface area contributed by atoms with Crippen LogP contribution in [0.15, 0.2) is 36.5 Å². The lowest BCUT2D eigenvalue weighted by atomic mass is 10.2. The summed E-state index contributed by atoms with van der Waals surface area (Å²) >= 11 is 1.38. The van der Waals surface area contributed by atoms with Gasteiger partial charge in [0.05, 0.1) is 12.3 Å². The molecule has 5 heteroatoms. The fourth-order valence-corrected chi connectivity index (χ4v) is 2.92. The number of benzene rings is 1. The van der Waals surface area contributed by atoms with Crippen molar-refractivity contribution in [2.75, 3.05) is 6.54 Å². The lowest BCUT2D eigenvalue weighted by Crippen LogP contribution is -2.41. The van der Waals surface area contributed by atoms with Crippen LogP contribution in [-0.2, 0) is 0 Å². The molecular formula is C16H20N2O2S. The molecule has 0 aliphatic rings. The van der Waals surface area contributed by atoms with Crippen LogP contribution in [0.3, 0.4) is 0 Å². The number of carbonyl (C=O) groups excluding carboxylic acids is 1. The zero-order chi connectivity index (χ0) is 15.4. The van der Waals surface area contributed by atoms with E-state index in [1.165, 1.54) is 11.3 Å². The number of rotatable bonds is 5. The van der Waals surface area contributed by atoms with Crippen molar-refractivity contribution in [3.05, 3.63) is 41.4 Å². The first-order valence-electron chi connectivity index (χ1n) is 6.99. The number of aromatic nitrogens is 1. The highest BCUT2D eigenvalue weighted by Crippen LogP contribution is 2.26. The molecule has 21 heavy (non-hydrogen) atoms. The molecule has 0 spiro atoms. The molecule has 112 valence electrons. The normalized spacial score (nSPS) is 12.4. The Kier molecular flexibility index (Phi) is 5.09. The molecule has 2 rings (SSSR count). The van der Waals surface area contributed by atoms with Gasteiger partial charge >= 0.3 is 0 Å². The van der Waals surface area contributed by atoms with E-state index in [1.807, 2.05) is 44.2 Å². The number of thiazole rings is 1. The van der Waals surface area contributed by atoms with Crippen LogP contribution < -0.4 is 0 Å². The number of hydrogen-bond donors (Lipinski definition) is 1. The zero-order valence-corrected chi connectivity index (χ0v) is 13.3. The van der Waals surface area contributed by atoms with E-state index >= 15 is 0 Å². The Morgan fingerprint density at radius 1 is 1.29 bits per heavy atom. The van der Waals surface area contributed by atoms with Crippen LogP contribution in [0.5, 0.6) is 0 Å². The van der Waals surface area contributed by atoms with E-state index in [0.29, 0.717) is 11.4 Å². The first-order valence-corrected chi connectivity index (χ1v) is 7.81. The number of nitrogens with zero attached hydrogens (tertiary/aromatic N) is 2. The average molecular weight is 304 g/mol. The van der Waals surface area contributed by atoms with Gasteiger partial charge in [0.15, 0.2) is 0 Å². The maximum absolute atomic E-state index is 12.6. The molecule has 1 atom stereocenters. The molecule has 1 unspecified atom stereocenters. The summed E-state index contributed by atoms with van der Waals surface area (Å²) in [5.41, 5.74) is 1.01. The van der Waals surface area contributed by atoms with Crippen LogP contribution >= 0.6 is 11.3 Å². The van der Waals surface area contributed by atoms with Crippen LogP contribution in [0.2, 0.25) is 0 Å². The van der Waals surface area contributed by atoms with Crippen LogP contribution in [-0.4, -0.2) is 39.6 Å². The second-order valence-corrected chi connectivity index (χ2v) is 6.33. The van der Waals surface area contributed by atoms with E-state index < -0.39 is 6.10 Å². The van der Waals surface area contributed by atoms with Crippen LogP contribution in [0.25, 0.3) is 10.6 Å². The average Bonchev–Trinajstić information content (AvgIpc) is 2.94. The molecule has 1 heterocycles. The molecule has 1 amide bonds. The third-order valence-electron chi connectivity index (χ3n) is 3.08. The van der Waals surface area contributed by atoms with Crippen molar-refractivity contribution in [1.29, 1.82) is 0 Å². The molecular weight excluding hydrogens is 284 g/mol.